The van der Waals surface area contributed by atoms with E-state index in [9.17, 15) is 9.90 Å². The average molecular weight is 242 g/mol. The number of aromatic nitrogens is 2. The van der Waals surface area contributed by atoms with Gasteiger partial charge in [-0.25, -0.2) is 4.98 Å². The van der Waals surface area contributed by atoms with Gasteiger partial charge in [0.2, 0.25) is 0 Å². The van der Waals surface area contributed by atoms with Crippen molar-refractivity contribution in [3.63, 3.8) is 0 Å². The Morgan fingerprint density at radius 1 is 1.44 bits per heavy atom. The van der Waals surface area contributed by atoms with Crippen LogP contribution in [0.25, 0.3) is 5.69 Å². The fraction of sp³-hybridized carbons (Fsp3) is 0.286. The van der Waals surface area contributed by atoms with Gasteiger partial charge in [-0.1, -0.05) is 6.07 Å². The second-order valence-electron chi connectivity index (χ2n) is 4.64. The summed E-state index contributed by atoms with van der Waals surface area (Å²) in [6.45, 7) is 0. The van der Waals surface area contributed by atoms with Gasteiger partial charge in [-0.05, 0) is 42.5 Å². The van der Waals surface area contributed by atoms with Crippen LogP contribution in [-0.2, 0) is 11.2 Å². The lowest BCUT2D eigenvalue weighted by Crippen LogP contribution is -2.18. The summed E-state index contributed by atoms with van der Waals surface area (Å²) in [5.41, 5.74) is 3.16. The molecule has 0 bridgehead atoms. The topological polar surface area (TPSA) is 55.1 Å². The highest BCUT2D eigenvalue weighted by molar-refractivity contribution is 5.77. The number of carboxylic acid groups (broad SMARTS) is 1. The van der Waals surface area contributed by atoms with E-state index in [-0.39, 0.29) is 5.92 Å². The van der Waals surface area contributed by atoms with Crippen LogP contribution in [0.2, 0.25) is 0 Å². The highest BCUT2D eigenvalue weighted by Crippen LogP contribution is 2.32. The predicted molar refractivity (Wildman–Crippen MR) is 66.9 cm³/mol. The van der Waals surface area contributed by atoms with Crippen molar-refractivity contribution >= 4 is 5.97 Å². The molecular formula is C14H14N2O2. The standard InChI is InChI=1S/C14H14N2O2/c17-14(18)13-3-1-2-10-8-11(4-5-12(10)13)16-7-6-15-9-16/h4-9,13H,1-3H2,(H,17,18). The Morgan fingerprint density at radius 3 is 3.06 bits per heavy atom. The zero-order valence-corrected chi connectivity index (χ0v) is 9.91. The van der Waals surface area contributed by atoms with Gasteiger partial charge in [-0.2, -0.15) is 0 Å². The van der Waals surface area contributed by atoms with Crippen LogP contribution in [0.4, 0.5) is 0 Å². The van der Waals surface area contributed by atoms with Crippen LogP contribution in [0, 0.1) is 0 Å². The van der Waals surface area contributed by atoms with Crippen molar-refractivity contribution in [2.45, 2.75) is 25.2 Å². The Kier molecular flexibility index (Phi) is 2.63. The fourth-order valence-electron chi connectivity index (χ4n) is 2.63. The van der Waals surface area contributed by atoms with E-state index in [1.807, 2.05) is 22.9 Å². The van der Waals surface area contributed by atoms with E-state index in [1.54, 1.807) is 12.5 Å². The molecule has 1 aliphatic rings. The maximum atomic E-state index is 11.2. The Hall–Kier alpha value is -2.10. The van der Waals surface area contributed by atoms with Gasteiger partial charge < -0.3 is 9.67 Å². The molecule has 0 spiro atoms. The molecule has 4 heteroatoms. The number of aryl methyl sites for hydroxylation is 1. The van der Waals surface area contributed by atoms with E-state index in [1.165, 1.54) is 0 Å². The first-order valence-corrected chi connectivity index (χ1v) is 6.09. The summed E-state index contributed by atoms with van der Waals surface area (Å²) in [5.74, 6) is -1.06. The normalized spacial score (nSPS) is 18.3. The van der Waals surface area contributed by atoms with E-state index in [4.69, 9.17) is 0 Å². The van der Waals surface area contributed by atoms with Gasteiger partial charge >= 0.3 is 5.97 Å². The summed E-state index contributed by atoms with van der Waals surface area (Å²) < 4.78 is 1.94. The van der Waals surface area contributed by atoms with Gasteiger partial charge in [0.05, 0.1) is 12.2 Å². The molecule has 0 aliphatic heterocycles. The predicted octanol–water partition coefficient (Wildman–Crippen LogP) is 2.38. The number of hydrogen-bond acceptors (Lipinski definition) is 2. The molecule has 1 N–H and O–H groups in total. The van der Waals surface area contributed by atoms with Crippen LogP contribution < -0.4 is 0 Å². The number of rotatable bonds is 2. The first-order valence-electron chi connectivity index (χ1n) is 6.09. The Bertz CT molecular complexity index is 575. The number of imidazole rings is 1. The SMILES string of the molecule is O=C(O)C1CCCc2cc(-n3ccnc3)ccc21. The van der Waals surface area contributed by atoms with E-state index in [2.05, 4.69) is 11.1 Å². The first kappa shape index (κ1) is 11.0. The summed E-state index contributed by atoms with van der Waals surface area (Å²) in [6.07, 6.45) is 8.02. The highest BCUT2D eigenvalue weighted by Gasteiger charge is 2.26. The third kappa shape index (κ3) is 1.79. The van der Waals surface area contributed by atoms with Crippen LogP contribution in [0.3, 0.4) is 0 Å². The molecule has 1 aromatic heterocycles. The summed E-state index contributed by atoms with van der Waals surface area (Å²) in [5, 5.41) is 9.22. The summed E-state index contributed by atoms with van der Waals surface area (Å²) in [7, 11) is 0. The Balaban J connectivity index is 2.03. The lowest BCUT2D eigenvalue weighted by molar-refractivity contribution is -0.139. The molecule has 1 aliphatic carbocycles. The Morgan fingerprint density at radius 2 is 2.33 bits per heavy atom. The number of aliphatic carboxylic acids is 1. The molecule has 1 unspecified atom stereocenters. The van der Waals surface area contributed by atoms with E-state index >= 15 is 0 Å². The summed E-state index contributed by atoms with van der Waals surface area (Å²) >= 11 is 0. The van der Waals surface area contributed by atoms with Crippen LogP contribution in [0.1, 0.15) is 29.9 Å². The third-order valence-electron chi connectivity index (χ3n) is 3.54. The van der Waals surface area contributed by atoms with E-state index < -0.39 is 5.97 Å². The van der Waals surface area contributed by atoms with E-state index in [0.717, 1.165) is 36.1 Å². The molecule has 1 atom stereocenters. The molecule has 3 rings (SSSR count). The van der Waals surface area contributed by atoms with Crippen LogP contribution in [-0.4, -0.2) is 20.6 Å². The molecule has 0 radical (unpaired) electrons. The molecular weight excluding hydrogens is 228 g/mol. The van der Waals surface area contributed by atoms with E-state index in [0.29, 0.717) is 0 Å². The van der Waals surface area contributed by atoms with Crippen molar-refractivity contribution in [2.24, 2.45) is 0 Å². The Labute approximate surface area is 105 Å². The van der Waals surface area contributed by atoms with Crippen molar-refractivity contribution in [2.75, 3.05) is 0 Å². The monoisotopic (exact) mass is 242 g/mol. The van der Waals surface area contributed by atoms with Crippen LogP contribution >= 0.6 is 0 Å². The number of fused-ring (bicyclic) bond motifs is 1. The number of benzene rings is 1. The zero-order chi connectivity index (χ0) is 12.5. The van der Waals surface area contributed by atoms with Crippen LogP contribution in [0.5, 0.6) is 0 Å². The van der Waals surface area contributed by atoms with Crippen molar-refractivity contribution in [1.29, 1.82) is 0 Å². The molecule has 1 heterocycles. The lowest BCUT2D eigenvalue weighted by Gasteiger charge is -2.23. The number of nitrogens with zero attached hydrogens (tertiary/aromatic N) is 2. The summed E-state index contributed by atoms with van der Waals surface area (Å²) in [4.78, 5) is 15.2. The molecule has 18 heavy (non-hydrogen) atoms. The van der Waals surface area contributed by atoms with Gasteiger partial charge in [0.25, 0.3) is 0 Å². The molecule has 0 saturated carbocycles. The number of carbonyl (C=O) groups is 1. The fourth-order valence-corrected chi connectivity index (χ4v) is 2.63. The quantitative estimate of drug-likeness (QED) is 0.879. The molecule has 4 nitrogen and oxygen atoms in total. The summed E-state index contributed by atoms with van der Waals surface area (Å²) in [6, 6.07) is 5.98. The largest absolute Gasteiger partial charge is 0.481 e. The average Bonchev–Trinajstić information content (AvgIpc) is 2.91. The maximum absolute atomic E-state index is 11.2. The van der Waals surface area contributed by atoms with Crippen molar-refractivity contribution in [3.8, 4) is 5.69 Å². The highest BCUT2D eigenvalue weighted by atomic mass is 16.4. The smallest absolute Gasteiger partial charge is 0.310 e. The molecule has 2 aromatic rings. The number of carboxylic acids is 1. The minimum absolute atomic E-state index is 0.342. The molecule has 0 fully saturated rings. The third-order valence-corrected chi connectivity index (χ3v) is 3.54. The second-order valence-corrected chi connectivity index (χ2v) is 4.64. The van der Waals surface area contributed by atoms with Gasteiger partial charge in [-0.3, -0.25) is 4.79 Å². The zero-order valence-electron chi connectivity index (χ0n) is 9.91. The maximum Gasteiger partial charge on any atom is 0.310 e. The van der Waals surface area contributed by atoms with Crippen LogP contribution in [0.15, 0.2) is 36.9 Å². The first-order chi connectivity index (χ1) is 8.75. The molecule has 0 amide bonds. The lowest BCUT2D eigenvalue weighted by atomic mass is 9.82. The molecule has 1 aromatic carbocycles. The van der Waals surface area contributed by atoms with Crippen molar-refractivity contribution < 1.29 is 9.90 Å². The minimum atomic E-state index is -0.716. The minimum Gasteiger partial charge on any atom is -0.481 e. The van der Waals surface area contributed by atoms with Gasteiger partial charge in [-0.15, -0.1) is 0 Å². The molecule has 92 valence electrons. The van der Waals surface area contributed by atoms with Crippen molar-refractivity contribution in [1.82, 2.24) is 9.55 Å². The van der Waals surface area contributed by atoms with Crippen molar-refractivity contribution in [3.05, 3.63) is 48.0 Å². The number of hydrogen-bond donors (Lipinski definition) is 1. The van der Waals surface area contributed by atoms with Gasteiger partial charge in [0.15, 0.2) is 0 Å². The molecule has 0 saturated heterocycles. The van der Waals surface area contributed by atoms with Gasteiger partial charge in [0.1, 0.15) is 0 Å². The second kappa shape index (κ2) is 4.29. The van der Waals surface area contributed by atoms with Gasteiger partial charge in [0, 0.05) is 18.1 Å².